The molecule has 94 valence electrons. The van der Waals surface area contributed by atoms with Crippen LogP contribution in [0.2, 0.25) is 0 Å². The zero-order chi connectivity index (χ0) is 12.3. The molecule has 1 aromatic carbocycles. The molecule has 1 heterocycles. The van der Waals surface area contributed by atoms with Crippen molar-refractivity contribution in [3.05, 3.63) is 23.3 Å². The van der Waals surface area contributed by atoms with Crippen molar-refractivity contribution in [3.8, 4) is 0 Å². The zero-order valence-corrected chi connectivity index (χ0v) is 10.3. The van der Waals surface area contributed by atoms with E-state index in [2.05, 4.69) is 17.0 Å². The SMILES string of the molecule is Cc1cc2c(cc1N)N(CCOCCO)CC2. The van der Waals surface area contributed by atoms with Crippen LogP contribution in [0.1, 0.15) is 11.1 Å². The van der Waals surface area contributed by atoms with Gasteiger partial charge in [0.2, 0.25) is 0 Å². The van der Waals surface area contributed by atoms with Crippen LogP contribution in [0.5, 0.6) is 0 Å². The van der Waals surface area contributed by atoms with Gasteiger partial charge in [0, 0.05) is 24.5 Å². The van der Waals surface area contributed by atoms with Crippen molar-refractivity contribution in [2.75, 3.05) is 43.5 Å². The van der Waals surface area contributed by atoms with Crippen LogP contribution in [0.4, 0.5) is 11.4 Å². The molecule has 0 bridgehead atoms. The molecule has 0 atom stereocenters. The van der Waals surface area contributed by atoms with Gasteiger partial charge in [-0.2, -0.15) is 0 Å². The van der Waals surface area contributed by atoms with E-state index in [0.717, 1.165) is 30.8 Å². The molecule has 0 fully saturated rings. The number of aryl methyl sites for hydroxylation is 1. The van der Waals surface area contributed by atoms with Crippen molar-refractivity contribution in [2.24, 2.45) is 0 Å². The molecule has 0 aliphatic carbocycles. The van der Waals surface area contributed by atoms with E-state index in [9.17, 15) is 0 Å². The summed E-state index contributed by atoms with van der Waals surface area (Å²) in [7, 11) is 0. The van der Waals surface area contributed by atoms with E-state index < -0.39 is 0 Å². The molecule has 0 amide bonds. The smallest absolute Gasteiger partial charge is 0.0698 e. The quantitative estimate of drug-likeness (QED) is 0.590. The first kappa shape index (κ1) is 12.2. The first-order chi connectivity index (χ1) is 8.22. The molecular formula is C13H20N2O2. The van der Waals surface area contributed by atoms with E-state index in [1.54, 1.807) is 0 Å². The molecule has 0 unspecified atom stereocenters. The predicted octanol–water partition coefficient (Wildman–Crippen LogP) is 0.949. The Hall–Kier alpha value is -1.26. The average Bonchev–Trinajstić information content (AvgIpc) is 2.68. The van der Waals surface area contributed by atoms with Crippen molar-refractivity contribution in [1.82, 2.24) is 0 Å². The zero-order valence-electron chi connectivity index (χ0n) is 10.3. The molecule has 3 N–H and O–H groups in total. The molecule has 1 aliphatic rings. The first-order valence-electron chi connectivity index (χ1n) is 6.05. The van der Waals surface area contributed by atoms with Gasteiger partial charge in [0.15, 0.2) is 0 Å². The molecule has 0 spiro atoms. The summed E-state index contributed by atoms with van der Waals surface area (Å²) in [6.45, 7) is 5.08. The predicted molar refractivity (Wildman–Crippen MR) is 69.4 cm³/mol. The summed E-state index contributed by atoms with van der Waals surface area (Å²) in [5.74, 6) is 0. The van der Waals surface area contributed by atoms with Gasteiger partial charge in [-0.25, -0.2) is 0 Å². The number of rotatable bonds is 5. The van der Waals surface area contributed by atoms with E-state index in [1.807, 2.05) is 6.92 Å². The minimum absolute atomic E-state index is 0.0860. The van der Waals surface area contributed by atoms with Gasteiger partial charge in [-0.05, 0) is 30.5 Å². The standard InChI is InChI=1S/C13H20N2O2/c1-10-8-11-2-3-15(4-6-17-7-5-16)13(11)9-12(10)14/h8-9,16H,2-7,14H2,1H3. The van der Waals surface area contributed by atoms with Crippen LogP contribution in [-0.4, -0.2) is 38.0 Å². The van der Waals surface area contributed by atoms with Crippen LogP contribution in [0.25, 0.3) is 0 Å². The van der Waals surface area contributed by atoms with Gasteiger partial charge >= 0.3 is 0 Å². The molecular weight excluding hydrogens is 216 g/mol. The second-order valence-electron chi connectivity index (χ2n) is 4.41. The Morgan fingerprint density at radius 1 is 1.41 bits per heavy atom. The monoisotopic (exact) mass is 236 g/mol. The summed E-state index contributed by atoms with van der Waals surface area (Å²) in [6.07, 6.45) is 1.08. The van der Waals surface area contributed by atoms with Crippen molar-refractivity contribution in [2.45, 2.75) is 13.3 Å². The summed E-state index contributed by atoms with van der Waals surface area (Å²) in [4.78, 5) is 2.29. The number of nitrogens with zero attached hydrogens (tertiary/aromatic N) is 1. The third-order valence-electron chi connectivity index (χ3n) is 3.20. The number of hydrogen-bond donors (Lipinski definition) is 2. The summed E-state index contributed by atoms with van der Waals surface area (Å²) in [5.41, 5.74) is 10.6. The molecule has 1 aromatic rings. The van der Waals surface area contributed by atoms with Gasteiger partial charge in [0.05, 0.1) is 19.8 Å². The highest BCUT2D eigenvalue weighted by Crippen LogP contribution is 2.31. The first-order valence-corrected chi connectivity index (χ1v) is 6.05. The average molecular weight is 236 g/mol. The number of hydrogen-bond acceptors (Lipinski definition) is 4. The van der Waals surface area contributed by atoms with Crippen LogP contribution in [0, 0.1) is 6.92 Å². The fraction of sp³-hybridized carbons (Fsp3) is 0.538. The normalized spacial score (nSPS) is 14.1. The van der Waals surface area contributed by atoms with E-state index in [-0.39, 0.29) is 6.61 Å². The van der Waals surface area contributed by atoms with Gasteiger partial charge in [0.1, 0.15) is 0 Å². The van der Waals surface area contributed by atoms with Gasteiger partial charge in [0.25, 0.3) is 0 Å². The summed E-state index contributed by atoms with van der Waals surface area (Å²) in [5, 5.41) is 8.63. The van der Waals surface area contributed by atoms with Crippen LogP contribution in [0.15, 0.2) is 12.1 Å². The lowest BCUT2D eigenvalue weighted by atomic mass is 10.1. The maximum atomic E-state index is 8.63. The molecule has 0 aromatic heterocycles. The lowest BCUT2D eigenvalue weighted by Crippen LogP contribution is -2.25. The maximum absolute atomic E-state index is 8.63. The largest absolute Gasteiger partial charge is 0.398 e. The van der Waals surface area contributed by atoms with Crippen LogP contribution < -0.4 is 10.6 Å². The molecule has 2 rings (SSSR count). The van der Waals surface area contributed by atoms with Crippen molar-refractivity contribution >= 4 is 11.4 Å². The molecule has 17 heavy (non-hydrogen) atoms. The van der Waals surface area contributed by atoms with Gasteiger partial charge < -0.3 is 20.5 Å². The number of nitrogen functional groups attached to an aromatic ring is 1. The van der Waals surface area contributed by atoms with E-state index in [1.165, 1.54) is 11.3 Å². The Morgan fingerprint density at radius 3 is 3.00 bits per heavy atom. The minimum Gasteiger partial charge on any atom is -0.398 e. The Kier molecular flexibility index (Phi) is 3.86. The Balaban J connectivity index is 1.99. The van der Waals surface area contributed by atoms with Gasteiger partial charge in [-0.1, -0.05) is 6.07 Å². The fourth-order valence-electron chi connectivity index (χ4n) is 2.22. The Morgan fingerprint density at radius 2 is 2.24 bits per heavy atom. The summed E-state index contributed by atoms with van der Waals surface area (Å²) >= 11 is 0. The van der Waals surface area contributed by atoms with Crippen LogP contribution in [0.3, 0.4) is 0 Å². The summed E-state index contributed by atoms with van der Waals surface area (Å²) < 4.78 is 5.29. The number of ether oxygens (including phenoxy) is 1. The fourth-order valence-corrected chi connectivity index (χ4v) is 2.22. The summed E-state index contributed by atoms with van der Waals surface area (Å²) in [6, 6.07) is 4.24. The van der Waals surface area contributed by atoms with Crippen LogP contribution in [-0.2, 0) is 11.2 Å². The second kappa shape index (κ2) is 5.38. The number of fused-ring (bicyclic) bond motifs is 1. The third-order valence-corrected chi connectivity index (χ3v) is 3.20. The third kappa shape index (κ3) is 2.70. The molecule has 0 saturated heterocycles. The van der Waals surface area contributed by atoms with E-state index in [4.69, 9.17) is 15.6 Å². The number of benzene rings is 1. The van der Waals surface area contributed by atoms with E-state index >= 15 is 0 Å². The lowest BCUT2D eigenvalue weighted by Gasteiger charge is -2.19. The Labute approximate surface area is 102 Å². The molecule has 4 nitrogen and oxygen atoms in total. The number of anilines is 2. The van der Waals surface area contributed by atoms with E-state index in [0.29, 0.717) is 13.2 Å². The highest BCUT2D eigenvalue weighted by atomic mass is 16.5. The highest BCUT2D eigenvalue weighted by Gasteiger charge is 2.19. The second-order valence-corrected chi connectivity index (χ2v) is 4.41. The Bertz CT molecular complexity index is 393. The molecule has 4 heteroatoms. The van der Waals surface area contributed by atoms with Gasteiger partial charge in [-0.15, -0.1) is 0 Å². The maximum Gasteiger partial charge on any atom is 0.0698 e. The molecule has 0 radical (unpaired) electrons. The van der Waals surface area contributed by atoms with Crippen molar-refractivity contribution < 1.29 is 9.84 Å². The van der Waals surface area contributed by atoms with Crippen molar-refractivity contribution in [3.63, 3.8) is 0 Å². The molecule has 0 saturated carbocycles. The van der Waals surface area contributed by atoms with Gasteiger partial charge in [-0.3, -0.25) is 0 Å². The van der Waals surface area contributed by atoms with Crippen molar-refractivity contribution in [1.29, 1.82) is 0 Å². The number of aliphatic hydroxyl groups is 1. The highest BCUT2D eigenvalue weighted by molar-refractivity contribution is 5.67. The lowest BCUT2D eigenvalue weighted by molar-refractivity contribution is 0.0968. The molecule has 1 aliphatic heterocycles. The number of aliphatic hydroxyl groups excluding tert-OH is 1. The number of nitrogens with two attached hydrogens (primary N) is 1. The van der Waals surface area contributed by atoms with Crippen LogP contribution >= 0.6 is 0 Å². The topological polar surface area (TPSA) is 58.7 Å². The minimum atomic E-state index is 0.0860.